The van der Waals surface area contributed by atoms with Crippen LogP contribution in [0.2, 0.25) is 0 Å². The largest absolute Gasteiger partial charge is 0.481 e. The number of benzene rings is 1. The van der Waals surface area contributed by atoms with Gasteiger partial charge in [-0.15, -0.1) is 11.3 Å². The van der Waals surface area contributed by atoms with Gasteiger partial charge in [0.2, 0.25) is 0 Å². The number of rotatable bonds is 27. The minimum Gasteiger partial charge on any atom is -0.481 e. The Kier molecular flexibility index (Phi) is 20.9. The number of carboxylic acids is 1. The Morgan fingerprint density at radius 3 is 1.85 bits per heavy atom. The van der Waals surface area contributed by atoms with Crippen LogP contribution in [0.25, 0.3) is 0 Å². The summed E-state index contributed by atoms with van der Waals surface area (Å²) in [6.07, 6.45) is 23.7. The minimum atomic E-state index is -0.618. The van der Waals surface area contributed by atoms with Gasteiger partial charge in [0, 0.05) is 13.1 Å². The lowest BCUT2D eigenvalue weighted by Gasteiger charge is -2.27. The Morgan fingerprint density at radius 2 is 1.27 bits per heavy atom. The van der Waals surface area contributed by atoms with E-state index in [0.717, 1.165) is 44.3 Å². The van der Waals surface area contributed by atoms with E-state index >= 15 is 0 Å². The normalized spacial score (nSPS) is 14.1. The lowest BCUT2D eigenvalue weighted by molar-refractivity contribution is -0.144. The number of anilines is 1. The van der Waals surface area contributed by atoms with E-state index in [1.165, 1.54) is 108 Å². The summed E-state index contributed by atoms with van der Waals surface area (Å²) in [5.41, 5.74) is 1.03. The average Bonchev–Trinajstić information content (AvgIpc) is 3.57. The highest BCUT2D eigenvalue weighted by atomic mass is 32.1. The Morgan fingerprint density at radius 1 is 0.708 bits per heavy atom. The van der Waals surface area contributed by atoms with Gasteiger partial charge in [0.05, 0.1) is 22.3 Å². The second kappa shape index (κ2) is 25.3. The minimum absolute atomic E-state index is 0.0579. The summed E-state index contributed by atoms with van der Waals surface area (Å²) in [5.74, 6) is -0.398. The maximum atomic E-state index is 12.5. The van der Waals surface area contributed by atoms with E-state index in [1.54, 1.807) is 12.1 Å². The van der Waals surface area contributed by atoms with Crippen LogP contribution in [0.5, 0.6) is 0 Å². The number of carbonyl (C=O) groups is 3. The standard InChI is InChI=1S/C39H62N4O4S/c44-35(36-25-26-37(48-36)43-39(47)42-29-32-21-15-13-16-22-32)31-41-28-20-12-10-8-6-4-2-1-3-5-7-9-11-19-27-40-30-34(38(45)46)33-23-17-14-18-24-33/h13,15-16,21-22,25-26,33-34,40-41H,1-12,14,17-20,23-24,27-31H2,(H,45,46)(H2,42,43,47). The zero-order valence-electron chi connectivity index (χ0n) is 29.2. The highest BCUT2D eigenvalue weighted by Crippen LogP contribution is 2.30. The summed E-state index contributed by atoms with van der Waals surface area (Å²) in [6, 6.07) is 13.0. The molecule has 0 spiro atoms. The number of hydrogen-bond acceptors (Lipinski definition) is 6. The first kappa shape index (κ1) is 39.7. The molecular formula is C39H62N4O4S. The van der Waals surface area contributed by atoms with Crippen molar-refractivity contribution in [2.45, 2.75) is 129 Å². The third kappa shape index (κ3) is 17.6. The van der Waals surface area contributed by atoms with Crippen LogP contribution in [0.4, 0.5) is 9.80 Å². The molecule has 1 fully saturated rings. The van der Waals surface area contributed by atoms with E-state index in [-0.39, 0.29) is 17.7 Å². The maximum absolute atomic E-state index is 12.5. The van der Waals surface area contributed by atoms with Gasteiger partial charge in [-0.25, -0.2) is 4.79 Å². The van der Waals surface area contributed by atoms with Gasteiger partial charge in [0.15, 0.2) is 5.78 Å². The van der Waals surface area contributed by atoms with E-state index in [2.05, 4.69) is 21.3 Å². The van der Waals surface area contributed by atoms with Crippen LogP contribution in [0.15, 0.2) is 42.5 Å². The smallest absolute Gasteiger partial charge is 0.320 e. The number of unbranched alkanes of at least 4 members (excludes halogenated alkanes) is 13. The van der Waals surface area contributed by atoms with E-state index in [0.29, 0.717) is 35.4 Å². The second-order valence-corrected chi connectivity index (χ2v) is 14.6. The predicted octanol–water partition coefficient (Wildman–Crippen LogP) is 9.17. The first-order chi connectivity index (χ1) is 23.5. The summed E-state index contributed by atoms with van der Waals surface area (Å²) >= 11 is 1.31. The molecule has 268 valence electrons. The molecule has 1 saturated carbocycles. The van der Waals surface area contributed by atoms with Gasteiger partial charge in [0.1, 0.15) is 0 Å². The Hall–Kier alpha value is -2.75. The molecule has 0 bridgehead atoms. The van der Waals surface area contributed by atoms with Crippen molar-refractivity contribution in [3.63, 3.8) is 0 Å². The van der Waals surface area contributed by atoms with Crippen molar-refractivity contribution < 1.29 is 19.5 Å². The molecule has 8 nitrogen and oxygen atoms in total. The number of urea groups is 1. The zero-order valence-corrected chi connectivity index (χ0v) is 30.1. The number of amides is 2. The fourth-order valence-electron chi connectivity index (χ4n) is 6.65. The Labute approximate surface area is 293 Å². The van der Waals surface area contributed by atoms with Crippen molar-refractivity contribution in [1.82, 2.24) is 16.0 Å². The second-order valence-electron chi connectivity index (χ2n) is 13.6. The monoisotopic (exact) mass is 682 g/mol. The van der Waals surface area contributed by atoms with Gasteiger partial charge < -0.3 is 21.1 Å². The summed E-state index contributed by atoms with van der Waals surface area (Å²) in [6.45, 7) is 3.21. The summed E-state index contributed by atoms with van der Waals surface area (Å²) < 4.78 is 0. The van der Waals surface area contributed by atoms with Crippen LogP contribution in [0.3, 0.4) is 0 Å². The van der Waals surface area contributed by atoms with Crippen LogP contribution in [0.1, 0.15) is 137 Å². The number of hydrogen-bond donors (Lipinski definition) is 5. The van der Waals surface area contributed by atoms with Gasteiger partial charge in [0.25, 0.3) is 0 Å². The van der Waals surface area contributed by atoms with Gasteiger partial charge in [-0.2, -0.15) is 0 Å². The van der Waals surface area contributed by atoms with Crippen LogP contribution < -0.4 is 21.3 Å². The topological polar surface area (TPSA) is 120 Å². The molecule has 5 N–H and O–H groups in total. The Bertz CT molecular complexity index is 1150. The number of carbonyl (C=O) groups excluding carboxylic acids is 2. The highest BCUT2D eigenvalue weighted by molar-refractivity contribution is 7.18. The summed E-state index contributed by atoms with van der Waals surface area (Å²) in [7, 11) is 0. The third-order valence-corrected chi connectivity index (χ3v) is 10.6. The third-order valence-electron chi connectivity index (χ3n) is 9.56. The molecule has 1 aliphatic rings. The number of nitrogens with one attached hydrogen (secondary N) is 4. The van der Waals surface area contributed by atoms with Crippen molar-refractivity contribution in [3.05, 3.63) is 52.9 Å². The molecule has 1 aromatic heterocycles. The number of carboxylic acid groups (broad SMARTS) is 1. The fraction of sp³-hybridized carbons (Fsp3) is 0.667. The fourth-order valence-corrected chi connectivity index (χ4v) is 7.49. The molecule has 1 heterocycles. The van der Waals surface area contributed by atoms with Crippen LogP contribution in [-0.2, 0) is 11.3 Å². The lowest BCUT2D eigenvalue weighted by Crippen LogP contribution is -2.35. The molecule has 9 heteroatoms. The van der Waals surface area contributed by atoms with Gasteiger partial charge in [-0.05, 0) is 62.4 Å². The van der Waals surface area contributed by atoms with Gasteiger partial charge in [-0.1, -0.05) is 127 Å². The molecule has 48 heavy (non-hydrogen) atoms. The van der Waals surface area contributed by atoms with Gasteiger partial charge in [-0.3, -0.25) is 14.9 Å². The molecule has 1 aromatic carbocycles. The molecule has 0 radical (unpaired) electrons. The first-order valence-corrected chi connectivity index (χ1v) is 19.7. The number of ketones is 1. The van der Waals surface area contributed by atoms with Crippen LogP contribution in [0, 0.1) is 11.8 Å². The highest BCUT2D eigenvalue weighted by Gasteiger charge is 2.28. The SMILES string of the molecule is O=C(NCc1ccccc1)Nc1ccc(C(=O)CNCCCCCCCCCCCCCCCCNCC(C(=O)O)C2CCCCC2)s1. The van der Waals surface area contributed by atoms with Crippen LogP contribution in [-0.4, -0.2) is 49.1 Å². The van der Waals surface area contributed by atoms with Crippen molar-refractivity contribution in [2.24, 2.45) is 11.8 Å². The van der Waals surface area contributed by atoms with E-state index in [1.807, 2.05) is 30.3 Å². The van der Waals surface area contributed by atoms with E-state index in [9.17, 15) is 19.5 Å². The molecule has 1 aliphatic carbocycles. The lowest BCUT2D eigenvalue weighted by atomic mass is 9.80. The van der Waals surface area contributed by atoms with Gasteiger partial charge >= 0.3 is 12.0 Å². The first-order valence-electron chi connectivity index (χ1n) is 18.9. The van der Waals surface area contributed by atoms with Crippen molar-refractivity contribution >= 4 is 34.1 Å². The molecule has 1 unspecified atom stereocenters. The Balaban J connectivity index is 1.04. The average molecular weight is 683 g/mol. The van der Waals surface area contributed by atoms with E-state index < -0.39 is 5.97 Å². The summed E-state index contributed by atoms with van der Waals surface area (Å²) in [5, 5.41) is 22.6. The molecule has 0 aliphatic heterocycles. The van der Waals surface area contributed by atoms with Crippen molar-refractivity contribution in [1.29, 1.82) is 0 Å². The number of aliphatic carboxylic acids is 1. The number of Topliss-reactive ketones (excluding diaryl/α,β-unsaturated/α-hetero) is 1. The molecule has 2 aromatic rings. The van der Waals surface area contributed by atoms with E-state index in [4.69, 9.17) is 0 Å². The molecule has 0 saturated heterocycles. The number of thiophene rings is 1. The molecule has 3 rings (SSSR count). The molecule has 1 atom stereocenters. The maximum Gasteiger partial charge on any atom is 0.320 e. The summed E-state index contributed by atoms with van der Waals surface area (Å²) in [4.78, 5) is 37.0. The molecular weight excluding hydrogens is 621 g/mol. The quantitative estimate of drug-likeness (QED) is 0.0474. The van der Waals surface area contributed by atoms with Crippen LogP contribution >= 0.6 is 11.3 Å². The van der Waals surface area contributed by atoms with Crippen molar-refractivity contribution in [3.8, 4) is 0 Å². The molecule has 2 amide bonds. The zero-order chi connectivity index (χ0) is 34.1. The predicted molar refractivity (Wildman–Crippen MR) is 199 cm³/mol. The van der Waals surface area contributed by atoms with Crippen molar-refractivity contribution in [2.75, 3.05) is 31.5 Å².